The second kappa shape index (κ2) is 4.66. The minimum atomic E-state index is -0.299. The van der Waals surface area contributed by atoms with Crippen molar-refractivity contribution in [2.75, 3.05) is 0 Å². The van der Waals surface area contributed by atoms with Gasteiger partial charge in [0, 0.05) is 18.3 Å². The van der Waals surface area contributed by atoms with E-state index in [9.17, 15) is 14.4 Å². The normalized spacial score (nSPS) is 13.4. The number of carbonyl (C=O) groups is 3. The van der Waals surface area contributed by atoms with Gasteiger partial charge in [-0.3, -0.25) is 14.4 Å². The van der Waals surface area contributed by atoms with Crippen molar-refractivity contribution in [1.29, 1.82) is 0 Å². The monoisotopic (exact) mass is 279 g/mol. The minimum Gasteiger partial charge on any atom is -0.344 e. The van der Waals surface area contributed by atoms with E-state index in [1.54, 1.807) is 42.8 Å². The average Bonchev–Trinajstić information content (AvgIpc) is 2.77. The van der Waals surface area contributed by atoms with Gasteiger partial charge >= 0.3 is 0 Å². The van der Waals surface area contributed by atoms with E-state index in [2.05, 4.69) is 0 Å². The molecule has 0 N–H and O–H groups in total. The number of ketones is 3. The third-order valence-electron chi connectivity index (χ3n) is 3.82. The highest BCUT2D eigenvalue weighted by molar-refractivity contribution is 6.27. The van der Waals surface area contributed by atoms with Gasteiger partial charge in [-0.05, 0) is 19.1 Å². The molecule has 0 saturated carbocycles. The number of aromatic nitrogens is 1. The molecular weight excluding hydrogens is 266 g/mol. The van der Waals surface area contributed by atoms with E-state index in [1.807, 2.05) is 6.07 Å². The number of allylic oxidation sites excluding steroid dienone is 2. The fraction of sp³-hybridized carbons (Fsp3) is 0.118. The average molecular weight is 279 g/mol. The van der Waals surface area contributed by atoms with E-state index in [0.29, 0.717) is 22.5 Å². The summed E-state index contributed by atoms with van der Waals surface area (Å²) in [5.74, 6) is -0.781. The lowest BCUT2D eigenvalue weighted by Crippen LogP contribution is -2.15. The fourth-order valence-corrected chi connectivity index (χ4v) is 2.66. The molecule has 0 radical (unpaired) electrons. The van der Waals surface area contributed by atoms with Crippen LogP contribution in [0.3, 0.4) is 0 Å². The van der Waals surface area contributed by atoms with Crippen molar-refractivity contribution in [2.24, 2.45) is 7.05 Å². The van der Waals surface area contributed by atoms with Crippen LogP contribution < -0.4 is 0 Å². The summed E-state index contributed by atoms with van der Waals surface area (Å²) in [5.41, 5.74) is 1.96. The zero-order chi connectivity index (χ0) is 15.1. The van der Waals surface area contributed by atoms with Gasteiger partial charge in [0.15, 0.2) is 11.6 Å². The van der Waals surface area contributed by atoms with E-state index in [-0.39, 0.29) is 22.9 Å². The Morgan fingerprint density at radius 3 is 2.29 bits per heavy atom. The second-order valence-corrected chi connectivity index (χ2v) is 5.00. The van der Waals surface area contributed by atoms with E-state index < -0.39 is 0 Å². The Balaban J connectivity index is 2.27. The van der Waals surface area contributed by atoms with E-state index >= 15 is 0 Å². The maximum atomic E-state index is 12.7. The van der Waals surface area contributed by atoms with Crippen LogP contribution in [0.4, 0.5) is 0 Å². The number of fused-ring (bicyclic) bond motifs is 1. The molecule has 0 fully saturated rings. The first-order valence-corrected chi connectivity index (χ1v) is 6.58. The van der Waals surface area contributed by atoms with Gasteiger partial charge in [0.2, 0.25) is 5.78 Å². The summed E-state index contributed by atoms with van der Waals surface area (Å²) in [6, 6.07) is 8.76. The second-order valence-electron chi connectivity index (χ2n) is 5.00. The van der Waals surface area contributed by atoms with Crippen molar-refractivity contribution < 1.29 is 14.4 Å². The van der Waals surface area contributed by atoms with Crippen molar-refractivity contribution in [3.8, 4) is 0 Å². The van der Waals surface area contributed by atoms with Crippen LogP contribution in [-0.4, -0.2) is 21.9 Å². The number of rotatable bonds is 2. The van der Waals surface area contributed by atoms with Gasteiger partial charge in [-0.15, -0.1) is 0 Å². The molecular formula is C17H13NO3. The maximum absolute atomic E-state index is 12.7. The highest BCUT2D eigenvalue weighted by Crippen LogP contribution is 2.28. The highest BCUT2D eigenvalue weighted by Gasteiger charge is 2.32. The van der Waals surface area contributed by atoms with Gasteiger partial charge in [-0.2, -0.15) is 0 Å². The molecule has 4 heteroatoms. The van der Waals surface area contributed by atoms with Crippen LogP contribution >= 0.6 is 0 Å². The summed E-state index contributed by atoms with van der Waals surface area (Å²) >= 11 is 0. The lowest BCUT2D eigenvalue weighted by Gasteiger charge is -2.07. The fourth-order valence-electron chi connectivity index (χ4n) is 2.66. The number of nitrogens with zero attached hydrogens (tertiary/aromatic N) is 1. The van der Waals surface area contributed by atoms with Crippen LogP contribution in [0.5, 0.6) is 0 Å². The largest absolute Gasteiger partial charge is 0.344 e. The predicted molar refractivity (Wildman–Crippen MR) is 77.8 cm³/mol. The van der Waals surface area contributed by atoms with Crippen molar-refractivity contribution >= 4 is 17.3 Å². The SMILES string of the molecule is Cc1c(C(=O)c2ccccc2)c2c(n1C)C(=O)C=CC2=O. The molecule has 3 rings (SSSR count). The summed E-state index contributed by atoms with van der Waals surface area (Å²) in [6.07, 6.45) is 2.48. The smallest absolute Gasteiger partial charge is 0.203 e. The van der Waals surface area contributed by atoms with Crippen molar-refractivity contribution in [3.63, 3.8) is 0 Å². The molecule has 0 aliphatic heterocycles. The molecule has 0 saturated heterocycles. The standard InChI is InChI=1S/C17H13NO3/c1-10-14(17(21)11-6-4-3-5-7-11)15-12(19)8-9-13(20)16(15)18(10)2/h3-9H,1-2H3. The molecule has 0 atom stereocenters. The zero-order valence-corrected chi connectivity index (χ0v) is 11.7. The molecule has 1 aromatic carbocycles. The summed E-state index contributed by atoms with van der Waals surface area (Å²) in [4.78, 5) is 36.9. The number of hydrogen-bond acceptors (Lipinski definition) is 3. The Kier molecular flexibility index (Phi) is 2.94. The third kappa shape index (κ3) is 1.88. The lowest BCUT2D eigenvalue weighted by atomic mass is 9.93. The number of hydrogen-bond donors (Lipinski definition) is 0. The summed E-state index contributed by atoms with van der Waals surface area (Å²) in [7, 11) is 1.69. The van der Waals surface area contributed by atoms with Crippen molar-refractivity contribution in [2.45, 2.75) is 6.92 Å². The first-order valence-electron chi connectivity index (χ1n) is 6.58. The molecule has 21 heavy (non-hydrogen) atoms. The van der Waals surface area contributed by atoms with Gasteiger partial charge in [0.1, 0.15) is 5.69 Å². The molecule has 4 nitrogen and oxygen atoms in total. The minimum absolute atomic E-state index is 0.219. The summed E-state index contributed by atoms with van der Waals surface area (Å²) in [5, 5.41) is 0. The Bertz CT molecular complexity index is 810. The van der Waals surface area contributed by atoms with E-state index in [0.717, 1.165) is 0 Å². The topological polar surface area (TPSA) is 56.1 Å². The van der Waals surface area contributed by atoms with Crippen molar-refractivity contribution in [1.82, 2.24) is 4.57 Å². The predicted octanol–water partition coefficient (Wildman–Crippen LogP) is 2.50. The molecule has 1 heterocycles. The first-order chi connectivity index (χ1) is 10.0. The highest BCUT2D eigenvalue weighted by atomic mass is 16.1. The maximum Gasteiger partial charge on any atom is 0.203 e. The Morgan fingerprint density at radius 1 is 1.00 bits per heavy atom. The molecule has 1 aromatic heterocycles. The number of benzene rings is 1. The summed E-state index contributed by atoms with van der Waals surface area (Å²) in [6.45, 7) is 1.75. The van der Waals surface area contributed by atoms with Crippen molar-refractivity contribution in [3.05, 3.63) is 70.6 Å². The third-order valence-corrected chi connectivity index (χ3v) is 3.82. The van der Waals surface area contributed by atoms with Gasteiger partial charge < -0.3 is 4.57 Å². The Labute approximate surface area is 121 Å². The van der Waals surface area contributed by atoms with Crippen LogP contribution in [-0.2, 0) is 7.05 Å². The zero-order valence-electron chi connectivity index (χ0n) is 11.7. The van der Waals surface area contributed by atoms with Crippen LogP contribution in [0.25, 0.3) is 0 Å². The van der Waals surface area contributed by atoms with Crippen LogP contribution in [0.15, 0.2) is 42.5 Å². The molecule has 2 aromatic rings. The molecule has 0 spiro atoms. The molecule has 0 unspecified atom stereocenters. The van der Waals surface area contributed by atoms with Gasteiger partial charge in [-0.25, -0.2) is 0 Å². The summed E-state index contributed by atoms with van der Waals surface area (Å²) < 4.78 is 1.62. The Morgan fingerprint density at radius 2 is 1.62 bits per heavy atom. The number of carbonyl (C=O) groups excluding carboxylic acids is 3. The quantitative estimate of drug-likeness (QED) is 0.794. The Hall–Kier alpha value is -2.75. The van der Waals surface area contributed by atoms with Crippen LogP contribution in [0.2, 0.25) is 0 Å². The molecule has 1 aliphatic carbocycles. The molecule has 104 valence electrons. The lowest BCUT2D eigenvalue weighted by molar-refractivity contribution is 0.0983. The van der Waals surface area contributed by atoms with E-state index in [1.165, 1.54) is 12.2 Å². The molecule has 0 bridgehead atoms. The first kappa shape index (κ1) is 13.2. The van der Waals surface area contributed by atoms with Gasteiger partial charge in [-0.1, -0.05) is 30.3 Å². The van der Waals surface area contributed by atoms with Gasteiger partial charge in [0.05, 0.1) is 11.1 Å². The van der Waals surface area contributed by atoms with E-state index in [4.69, 9.17) is 0 Å². The molecule has 0 amide bonds. The van der Waals surface area contributed by atoms with Crippen LogP contribution in [0, 0.1) is 6.92 Å². The van der Waals surface area contributed by atoms with Crippen LogP contribution in [0.1, 0.15) is 42.5 Å². The molecule has 1 aliphatic rings. The van der Waals surface area contributed by atoms with Gasteiger partial charge in [0.25, 0.3) is 0 Å².